The minimum atomic E-state index is -0.0887. The van der Waals surface area contributed by atoms with Gasteiger partial charge in [-0.2, -0.15) is 0 Å². The molecule has 0 atom stereocenters. The second-order valence-electron chi connectivity index (χ2n) is 6.37. The minimum absolute atomic E-state index is 0. The summed E-state index contributed by atoms with van der Waals surface area (Å²) in [6, 6.07) is 15.6. The topological polar surface area (TPSA) is 45.7 Å². The molecule has 0 N–H and O–H groups in total. The largest absolute Gasteiger partial charge is 0.483 e. The summed E-state index contributed by atoms with van der Waals surface area (Å²) in [5.74, 6) is 0.645. The standard InChI is InChI=1S/C20H23N3O2S.ClH/c1-15-8-4-6-10-17(15)25-14-19(24)23(13-12-22(2)3)20-21-16-9-5-7-11-18(16)26-20;/h4-11H,12-14H2,1-3H3;1H. The molecule has 0 spiro atoms. The van der Waals surface area contributed by atoms with Gasteiger partial charge in [0.1, 0.15) is 5.75 Å². The van der Waals surface area contributed by atoms with Crippen molar-refractivity contribution in [1.82, 2.24) is 9.88 Å². The molecule has 3 rings (SSSR count). The van der Waals surface area contributed by atoms with Crippen molar-refractivity contribution in [3.8, 4) is 5.75 Å². The van der Waals surface area contributed by atoms with Gasteiger partial charge in [-0.05, 0) is 44.8 Å². The number of likely N-dealkylation sites (N-methyl/N-ethyl adjacent to an activating group) is 1. The van der Waals surface area contributed by atoms with E-state index in [1.807, 2.05) is 69.6 Å². The molecule has 1 aromatic heterocycles. The number of aromatic nitrogens is 1. The zero-order valence-corrected chi connectivity index (χ0v) is 17.3. The van der Waals surface area contributed by atoms with Gasteiger partial charge in [0.15, 0.2) is 11.7 Å². The smallest absolute Gasteiger partial charge is 0.266 e. The molecular formula is C20H24ClN3O2S. The molecule has 3 aromatic rings. The molecule has 7 heteroatoms. The van der Waals surface area contributed by atoms with E-state index in [-0.39, 0.29) is 24.9 Å². The maximum atomic E-state index is 12.9. The molecule has 0 fully saturated rings. The monoisotopic (exact) mass is 405 g/mol. The molecule has 1 heterocycles. The van der Waals surface area contributed by atoms with Crippen LogP contribution in [0.2, 0.25) is 0 Å². The van der Waals surface area contributed by atoms with Gasteiger partial charge in [-0.3, -0.25) is 9.69 Å². The second-order valence-corrected chi connectivity index (χ2v) is 7.38. The van der Waals surface area contributed by atoms with E-state index < -0.39 is 0 Å². The fourth-order valence-corrected chi connectivity index (χ4v) is 3.55. The third kappa shape index (κ3) is 5.42. The van der Waals surface area contributed by atoms with Crippen molar-refractivity contribution < 1.29 is 9.53 Å². The van der Waals surface area contributed by atoms with Crippen LogP contribution >= 0.6 is 23.7 Å². The first-order valence-electron chi connectivity index (χ1n) is 8.53. The Hall–Kier alpha value is -2.15. The molecule has 27 heavy (non-hydrogen) atoms. The molecule has 1 amide bonds. The lowest BCUT2D eigenvalue weighted by Gasteiger charge is -2.22. The molecule has 0 saturated heterocycles. The van der Waals surface area contributed by atoms with Crippen LogP contribution in [0.4, 0.5) is 5.13 Å². The number of halogens is 1. The van der Waals surface area contributed by atoms with Crippen LogP contribution < -0.4 is 9.64 Å². The lowest BCUT2D eigenvalue weighted by molar-refractivity contribution is -0.120. The maximum Gasteiger partial charge on any atom is 0.266 e. The summed E-state index contributed by atoms with van der Waals surface area (Å²) in [6.07, 6.45) is 0. The molecule has 5 nitrogen and oxygen atoms in total. The lowest BCUT2D eigenvalue weighted by Crippen LogP contribution is -2.39. The van der Waals surface area contributed by atoms with Gasteiger partial charge < -0.3 is 9.64 Å². The van der Waals surface area contributed by atoms with Gasteiger partial charge >= 0.3 is 0 Å². The van der Waals surface area contributed by atoms with Crippen LogP contribution in [-0.4, -0.2) is 49.6 Å². The molecule has 144 valence electrons. The number of hydrogen-bond acceptors (Lipinski definition) is 5. The Morgan fingerprint density at radius 3 is 2.48 bits per heavy atom. The Morgan fingerprint density at radius 2 is 1.78 bits per heavy atom. The highest BCUT2D eigenvalue weighted by molar-refractivity contribution is 7.22. The molecule has 0 aliphatic rings. The number of rotatable bonds is 7. The van der Waals surface area contributed by atoms with E-state index >= 15 is 0 Å². The molecule has 0 bridgehead atoms. The van der Waals surface area contributed by atoms with Crippen molar-refractivity contribution in [2.24, 2.45) is 0 Å². The second kappa shape index (κ2) is 9.69. The zero-order valence-electron chi connectivity index (χ0n) is 15.7. The molecule has 0 aliphatic heterocycles. The van der Waals surface area contributed by atoms with E-state index in [0.29, 0.717) is 11.7 Å². The minimum Gasteiger partial charge on any atom is -0.483 e. The number of aryl methyl sites for hydroxylation is 1. The maximum absolute atomic E-state index is 12.9. The normalized spacial score (nSPS) is 10.7. The van der Waals surface area contributed by atoms with Crippen molar-refractivity contribution in [1.29, 1.82) is 0 Å². The third-order valence-corrected chi connectivity index (χ3v) is 5.09. The van der Waals surface area contributed by atoms with Crippen LogP contribution in [0.25, 0.3) is 10.2 Å². The van der Waals surface area contributed by atoms with Crippen molar-refractivity contribution in [2.75, 3.05) is 38.7 Å². The molecule has 0 aliphatic carbocycles. The Kier molecular flexibility index (Phi) is 7.59. The van der Waals surface area contributed by atoms with Gasteiger partial charge in [0, 0.05) is 13.1 Å². The Labute approximate surface area is 170 Å². The Balaban J connectivity index is 0.00000261. The number of nitrogens with zero attached hydrogens (tertiary/aromatic N) is 3. The van der Waals surface area contributed by atoms with Gasteiger partial charge in [-0.1, -0.05) is 41.7 Å². The number of carbonyl (C=O) groups is 1. The number of thiazole rings is 1. The summed E-state index contributed by atoms with van der Waals surface area (Å²) in [6.45, 7) is 3.29. The fraction of sp³-hybridized carbons (Fsp3) is 0.300. The highest BCUT2D eigenvalue weighted by atomic mass is 35.5. The van der Waals surface area contributed by atoms with Crippen LogP contribution in [0.1, 0.15) is 5.56 Å². The highest BCUT2D eigenvalue weighted by Gasteiger charge is 2.20. The van der Waals surface area contributed by atoms with Crippen LogP contribution in [-0.2, 0) is 4.79 Å². The predicted octanol–water partition coefficient (Wildman–Crippen LogP) is 4.00. The Bertz CT molecular complexity index is 865. The average molecular weight is 406 g/mol. The number of ether oxygens (including phenoxy) is 1. The van der Waals surface area contributed by atoms with Crippen LogP contribution in [0.3, 0.4) is 0 Å². The first-order chi connectivity index (χ1) is 12.5. The Morgan fingerprint density at radius 1 is 1.07 bits per heavy atom. The van der Waals surface area contributed by atoms with Crippen molar-refractivity contribution in [3.63, 3.8) is 0 Å². The van der Waals surface area contributed by atoms with E-state index in [9.17, 15) is 4.79 Å². The lowest BCUT2D eigenvalue weighted by atomic mass is 10.2. The molecular weight excluding hydrogens is 382 g/mol. The molecule has 0 saturated carbocycles. The van der Waals surface area contributed by atoms with Gasteiger partial charge in [0.05, 0.1) is 10.2 Å². The quantitative estimate of drug-likeness (QED) is 0.596. The van der Waals surface area contributed by atoms with Crippen LogP contribution in [0, 0.1) is 6.92 Å². The van der Waals surface area contributed by atoms with Crippen molar-refractivity contribution in [2.45, 2.75) is 6.92 Å². The predicted molar refractivity (Wildman–Crippen MR) is 114 cm³/mol. The number of anilines is 1. The fourth-order valence-electron chi connectivity index (χ4n) is 2.54. The zero-order chi connectivity index (χ0) is 18.5. The number of fused-ring (bicyclic) bond motifs is 1. The van der Waals surface area contributed by atoms with E-state index in [1.54, 1.807) is 4.90 Å². The third-order valence-electron chi connectivity index (χ3n) is 4.03. The first-order valence-corrected chi connectivity index (χ1v) is 9.35. The highest BCUT2D eigenvalue weighted by Crippen LogP contribution is 2.28. The summed E-state index contributed by atoms with van der Waals surface area (Å²) >= 11 is 1.53. The van der Waals surface area contributed by atoms with Crippen molar-refractivity contribution in [3.05, 3.63) is 54.1 Å². The molecule has 2 aromatic carbocycles. The van der Waals surface area contributed by atoms with Gasteiger partial charge in [-0.15, -0.1) is 12.4 Å². The van der Waals surface area contributed by atoms with Crippen LogP contribution in [0.5, 0.6) is 5.75 Å². The summed E-state index contributed by atoms with van der Waals surface area (Å²) < 4.78 is 6.83. The number of hydrogen-bond donors (Lipinski definition) is 0. The van der Waals surface area contributed by atoms with Crippen molar-refractivity contribution >= 4 is 45.0 Å². The summed E-state index contributed by atoms with van der Waals surface area (Å²) in [7, 11) is 3.98. The van der Waals surface area contributed by atoms with Gasteiger partial charge in [0.2, 0.25) is 0 Å². The summed E-state index contributed by atoms with van der Waals surface area (Å²) in [4.78, 5) is 21.3. The van der Waals surface area contributed by atoms with E-state index in [1.165, 1.54) is 11.3 Å². The number of para-hydroxylation sites is 2. The number of carbonyl (C=O) groups excluding carboxylic acids is 1. The van der Waals surface area contributed by atoms with E-state index in [0.717, 1.165) is 28.1 Å². The number of amides is 1. The van der Waals surface area contributed by atoms with Gasteiger partial charge in [-0.25, -0.2) is 4.98 Å². The first kappa shape index (κ1) is 21.2. The van der Waals surface area contributed by atoms with Crippen LogP contribution in [0.15, 0.2) is 48.5 Å². The van der Waals surface area contributed by atoms with E-state index in [2.05, 4.69) is 9.88 Å². The molecule has 0 radical (unpaired) electrons. The average Bonchev–Trinajstić information content (AvgIpc) is 3.04. The summed E-state index contributed by atoms with van der Waals surface area (Å²) in [5.41, 5.74) is 1.93. The molecule has 0 unspecified atom stereocenters. The van der Waals surface area contributed by atoms with Gasteiger partial charge in [0.25, 0.3) is 5.91 Å². The number of benzene rings is 2. The SMILES string of the molecule is Cc1ccccc1OCC(=O)N(CCN(C)C)c1nc2ccccc2s1.Cl. The summed E-state index contributed by atoms with van der Waals surface area (Å²) in [5, 5.41) is 0.714. The van der Waals surface area contributed by atoms with E-state index in [4.69, 9.17) is 4.74 Å².